The lowest BCUT2D eigenvalue weighted by molar-refractivity contribution is 0.00578. The minimum atomic E-state index is -0.329. The summed E-state index contributed by atoms with van der Waals surface area (Å²) in [7, 11) is -0.329. The third kappa shape index (κ3) is 3.23. The van der Waals surface area contributed by atoms with E-state index in [-0.39, 0.29) is 18.3 Å². The van der Waals surface area contributed by atoms with Gasteiger partial charge in [0.2, 0.25) is 0 Å². The number of hydrogen-bond acceptors (Lipinski definition) is 4. The number of nitrogens with zero attached hydrogens (tertiary/aromatic N) is 1. The maximum absolute atomic E-state index is 6.14. The number of rotatable bonds is 4. The first-order chi connectivity index (χ1) is 12.4. The van der Waals surface area contributed by atoms with Gasteiger partial charge in [-0.05, 0) is 63.9 Å². The molecule has 1 saturated heterocycles. The summed E-state index contributed by atoms with van der Waals surface area (Å²) in [6, 6.07) is 8.37. The summed E-state index contributed by atoms with van der Waals surface area (Å²) in [4.78, 5) is 0. The molecule has 2 aliphatic rings. The van der Waals surface area contributed by atoms with Crippen molar-refractivity contribution in [1.82, 2.24) is 5.16 Å². The van der Waals surface area contributed by atoms with Crippen molar-refractivity contribution in [3.8, 4) is 11.1 Å². The van der Waals surface area contributed by atoms with Crippen LogP contribution in [0.5, 0.6) is 0 Å². The van der Waals surface area contributed by atoms with Crippen molar-refractivity contribution in [1.29, 1.82) is 0 Å². The molecule has 0 unspecified atom stereocenters. The third-order valence-electron chi connectivity index (χ3n) is 6.12. The van der Waals surface area contributed by atoms with Gasteiger partial charge in [0, 0.05) is 5.56 Å². The van der Waals surface area contributed by atoms with Crippen molar-refractivity contribution in [2.45, 2.75) is 71.0 Å². The van der Waals surface area contributed by atoms with Crippen LogP contribution in [0, 0.1) is 5.92 Å². The van der Waals surface area contributed by atoms with E-state index in [2.05, 4.69) is 57.1 Å². The first-order valence-corrected chi connectivity index (χ1v) is 9.58. The summed E-state index contributed by atoms with van der Waals surface area (Å²) in [6.07, 6.45) is 7.77. The molecule has 4 nitrogen and oxygen atoms in total. The molecule has 0 atom stereocenters. The van der Waals surface area contributed by atoms with Gasteiger partial charge < -0.3 is 13.8 Å². The standard InChI is InChI=1S/C21H27BNO3/c1-20(2)21(3,4)26-22(25-20)17-11-9-16(10-12-17)18-14-24-23-19(18)13-15-7-5-6-8-15/h9-12,14H,5-8,13H2,1-4H3. The summed E-state index contributed by atoms with van der Waals surface area (Å²) in [5.74, 6) is 1.59. The normalized spacial score (nSPS) is 22.2. The van der Waals surface area contributed by atoms with Gasteiger partial charge >= 0.3 is 7.12 Å². The average Bonchev–Trinajstić information content (AvgIpc) is 3.30. The summed E-state index contributed by atoms with van der Waals surface area (Å²) >= 11 is 0. The molecule has 1 aromatic carbocycles. The molecule has 0 N–H and O–H groups in total. The molecule has 2 aromatic rings. The Labute approximate surface area is 156 Å². The van der Waals surface area contributed by atoms with Crippen LogP contribution >= 0.6 is 0 Å². The molecule has 1 saturated carbocycles. The highest BCUT2D eigenvalue weighted by molar-refractivity contribution is 6.62. The van der Waals surface area contributed by atoms with Gasteiger partial charge in [0.05, 0.1) is 16.9 Å². The van der Waals surface area contributed by atoms with Crippen LogP contribution in [0.1, 0.15) is 59.1 Å². The van der Waals surface area contributed by atoms with E-state index >= 15 is 0 Å². The van der Waals surface area contributed by atoms with Gasteiger partial charge in [-0.1, -0.05) is 42.3 Å². The molecule has 0 bridgehead atoms. The maximum atomic E-state index is 6.14. The highest BCUT2D eigenvalue weighted by Gasteiger charge is 2.51. The lowest BCUT2D eigenvalue weighted by atomic mass is 9.78. The second-order valence-corrected chi connectivity index (χ2v) is 8.52. The van der Waals surface area contributed by atoms with Crippen molar-refractivity contribution >= 4 is 12.6 Å². The Morgan fingerprint density at radius 1 is 0.962 bits per heavy atom. The number of hydrogen-bond donors (Lipinski definition) is 0. The molecule has 137 valence electrons. The van der Waals surface area contributed by atoms with Crippen molar-refractivity contribution in [2.24, 2.45) is 0 Å². The van der Waals surface area contributed by atoms with E-state index in [0.29, 0.717) is 0 Å². The van der Waals surface area contributed by atoms with E-state index in [0.717, 1.165) is 28.7 Å². The predicted molar refractivity (Wildman–Crippen MR) is 103 cm³/mol. The molecule has 2 heterocycles. The SMILES string of the molecule is CC1(C)OB(c2ccc(-c3conc3C[C]3CCCC3)cc2)OC1(C)C. The Morgan fingerprint density at radius 2 is 1.58 bits per heavy atom. The molecule has 0 spiro atoms. The maximum Gasteiger partial charge on any atom is 0.494 e. The molecular formula is C21H27BNO3. The molecule has 1 aromatic heterocycles. The first kappa shape index (κ1) is 17.8. The topological polar surface area (TPSA) is 44.5 Å². The zero-order valence-electron chi connectivity index (χ0n) is 16.2. The number of benzene rings is 1. The highest BCUT2D eigenvalue weighted by Crippen LogP contribution is 2.37. The molecular weight excluding hydrogens is 325 g/mol. The number of aromatic nitrogens is 1. The molecule has 1 aliphatic carbocycles. The molecule has 4 rings (SSSR count). The van der Waals surface area contributed by atoms with Gasteiger partial charge in [0.1, 0.15) is 6.26 Å². The van der Waals surface area contributed by atoms with E-state index in [1.165, 1.54) is 25.7 Å². The molecule has 5 heteroatoms. The van der Waals surface area contributed by atoms with Gasteiger partial charge in [-0.15, -0.1) is 0 Å². The van der Waals surface area contributed by atoms with Crippen LogP contribution in [0.25, 0.3) is 11.1 Å². The summed E-state index contributed by atoms with van der Waals surface area (Å²) in [6.45, 7) is 8.30. The minimum Gasteiger partial charge on any atom is -0.399 e. The molecule has 26 heavy (non-hydrogen) atoms. The second-order valence-electron chi connectivity index (χ2n) is 8.52. The predicted octanol–water partition coefficient (Wildman–Crippen LogP) is 4.33. The second kappa shape index (κ2) is 6.54. The van der Waals surface area contributed by atoms with E-state index < -0.39 is 0 Å². The van der Waals surface area contributed by atoms with Crippen LogP contribution in [-0.2, 0) is 15.7 Å². The smallest absolute Gasteiger partial charge is 0.399 e. The monoisotopic (exact) mass is 352 g/mol. The van der Waals surface area contributed by atoms with Gasteiger partial charge in [0.15, 0.2) is 0 Å². The third-order valence-corrected chi connectivity index (χ3v) is 6.12. The summed E-state index contributed by atoms with van der Waals surface area (Å²) in [5, 5.41) is 4.25. The van der Waals surface area contributed by atoms with Crippen molar-refractivity contribution in [2.75, 3.05) is 0 Å². The summed E-state index contributed by atoms with van der Waals surface area (Å²) < 4.78 is 17.6. The van der Waals surface area contributed by atoms with Crippen LogP contribution in [0.3, 0.4) is 0 Å². The van der Waals surface area contributed by atoms with Crippen LogP contribution in [0.15, 0.2) is 35.1 Å². The van der Waals surface area contributed by atoms with Crippen molar-refractivity contribution < 1.29 is 13.8 Å². The van der Waals surface area contributed by atoms with E-state index in [4.69, 9.17) is 13.8 Å². The van der Waals surface area contributed by atoms with Gasteiger partial charge in [-0.25, -0.2) is 0 Å². The fourth-order valence-corrected chi connectivity index (χ4v) is 3.71. The fourth-order valence-electron chi connectivity index (χ4n) is 3.71. The lowest BCUT2D eigenvalue weighted by Gasteiger charge is -2.32. The molecule has 1 aliphatic heterocycles. The average molecular weight is 352 g/mol. The van der Waals surface area contributed by atoms with E-state index in [1.807, 2.05) is 0 Å². The van der Waals surface area contributed by atoms with Gasteiger partial charge in [-0.2, -0.15) is 0 Å². The van der Waals surface area contributed by atoms with Crippen LogP contribution < -0.4 is 5.46 Å². The molecule has 0 amide bonds. The molecule has 1 radical (unpaired) electrons. The Balaban J connectivity index is 1.51. The Bertz CT molecular complexity index is 744. The Kier molecular flexibility index (Phi) is 4.48. The van der Waals surface area contributed by atoms with Crippen molar-refractivity contribution in [3.05, 3.63) is 42.1 Å². The quantitative estimate of drug-likeness (QED) is 0.769. The zero-order chi connectivity index (χ0) is 18.4. The van der Waals surface area contributed by atoms with Crippen LogP contribution in [0.2, 0.25) is 0 Å². The molecule has 2 fully saturated rings. The van der Waals surface area contributed by atoms with E-state index in [1.54, 1.807) is 12.2 Å². The van der Waals surface area contributed by atoms with Gasteiger partial charge in [-0.3, -0.25) is 0 Å². The summed E-state index contributed by atoms with van der Waals surface area (Å²) in [5.41, 5.74) is 3.65. The first-order valence-electron chi connectivity index (χ1n) is 9.58. The Morgan fingerprint density at radius 3 is 2.19 bits per heavy atom. The Hall–Kier alpha value is -1.59. The highest BCUT2D eigenvalue weighted by atomic mass is 16.7. The van der Waals surface area contributed by atoms with Crippen LogP contribution in [-0.4, -0.2) is 23.5 Å². The van der Waals surface area contributed by atoms with Crippen LogP contribution in [0.4, 0.5) is 0 Å². The zero-order valence-corrected chi connectivity index (χ0v) is 16.2. The van der Waals surface area contributed by atoms with Crippen molar-refractivity contribution in [3.63, 3.8) is 0 Å². The largest absolute Gasteiger partial charge is 0.494 e. The lowest BCUT2D eigenvalue weighted by Crippen LogP contribution is -2.41. The minimum absolute atomic E-state index is 0.323. The fraction of sp³-hybridized carbons (Fsp3) is 0.524. The van der Waals surface area contributed by atoms with E-state index in [9.17, 15) is 0 Å². The van der Waals surface area contributed by atoms with Gasteiger partial charge in [0.25, 0.3) is 0 Å².